The quantitative estimate of drug-likeness (QED) is 0.853. The molecule has 104 valence electrons. The fourth-order valence-corrected chi connectivity index (χ4v) is 5.02. The van der Waals surface area contributed by atoms with E-state index < -0.39 is 0 Å². The Labute approximate surface area is 114 Å². The summed E-state index contributed by atoms with van der Waals surface area (Å²) in [6.45, 7) is 2.78. The van der Waals surface area contributed by atoms with Gasteiger partial charge in [-0.3, -0.25) is 0 Å². The van der Waals surface area contributed by atoms with E-state index in [0.29, 0.717) is 17.9 Å². The third kappa shape index (κ3) is 2.87. The molecule has 3 aliphatic heterocycles. The number of ether oxygens (including phenoxy) is 2. The maximum absolute atomic E-state index is 6.46. The van der Waals surface area contributed by atoms with Crippen LogP contribution in [0.3, 0.4) is 0 Å². The van der Waals surface area contributed by atoms with Gasteiger partial charge in [-0.15, -0.1) is 0 Å². The van der Waals surface area contributed by atoms with Crippen LogP contribution in [0.4, 0.5) is 0 Å². The molecule has 0 aromatic rings. The Morgan fingerprint density at radius 1 is 1.33 bits per heavy atom. The van der Waals surface area contributed by atoms with Gasteiger partial charge in [0, 0.05) is 31.6 Å². The van der Waals surface area contributed by atoms with E-state index in [1.165, 1.54) is 30.8 Å². The maximum Gasteiger partial charge on any atom is 0.0783 e. The highest BCUT2D eigenvalue weighted by atomic mass is 32.2. The van der Waals surface area contributed by atoms with Crippen molar-refractivity contribution >= 4 is 11.8 Å². The van der Waals surface area contributed by atoms with Crippen molar-refractivity contribution in [3.63, 3.8) is 0 Å². The van der Waals surface area contributed by atoms with Gasteiger partial charge in [0.2, 0.25) is 0 Å². The van der Waals surface area contributed by atoms with Gasteiger partial charge in [-0.2, -0.15) is 11.8 Å². The van der Waals surface area contributed by atoms with Crippen molar-refractivity contribution < 1.29 is 9.47 Å². The minimum Gasteiger partial charge on any atom is -0.381 e. The Hall–Kier alpha value is 0.230. The molecule has 0 aromatic heterocycles. The summed E-state index contributed by atoms with van der Waals surface area (Å²) in [5, 5.41) is 0. The summed E-state index contributed by atoms with van der Waals surface area (Å²) in [4.78, 5) is 0. The molecule has 0 saturated carbocycles. The lowest BCUT2D eigenvalue weighted by molar-refractivity contribution is -0.0841. The van der Waals surface area contributed by atoms with Crippen LogP contribution in [-0.2, 0) is 9.47 Å². The Morgan fingerprint density at radius 2 is 2.28 bits per heavy atom. The van der Waals surface area contributed by atoms with Crippen molar-refractivity contribution in [3.05, 3.63) is 0 Å². The molecule has 18 heavy (non-hydrogen) atoms. The van der Waals surface area contributed by atoms with Crippen molar-refractivity contribution in [2.24, 2.45) is 17.6 Å². The number of hydrogen-bond acceptors (Lipinski definition) is 4. The predicted octanol–water partition coefficient (Wildman–Crippen LogP) is 2.04. The predicted molar refractivity (Wildman–Crippen MR) is 74.9 cm³/mol. The van der Waals surface area contributed by atoms with Gasteiger partial charge in [0.1, 0.15) is 0 Å². The molecule has 0 radical (unpaired) electrons. The highest BCUT2D eigenvalue weighted by Gasteiger charge is 2.42. The van der Waals surface area contributed by atoms with Gasteiger partial charge in [0.15, 0.2) is 0 Å². The molecule has 3 aliphatic rings. The lowest BCUT2D eigenvalue weighted by Gasteiger charge is -2.40. The van der Waals surface area contributed by atoms with Crippen LogP contribution in [0.1, 0.15) is 32.1 Å². The van der Waals surface area contributed by atoms with E-state index in [1.807, 2.05) is 11.8 Å². The first-order valence-corrected chi connectivity index (χ1v) is 8.48. The van der Waals surface area contributed by atoms with Crippen molar-refractivity contribution in [2.75, 3.05) is 31.3 Å². The van der Waals surface area contributed by atoms with Crippen LogP contribution in [-0.4, -0.2) is 43.0 Å². The molecule has 0 aromatic carbocycles. The molecule has 0 bridgehead atoms. The van der Waals surface area contributed by atoms with Gasteiger partial charge in [-0.05, 0) is 49.7 Å². The van der Waals surface area contributed by atoms with Crippen LogP contribution in [0.5, 0.6) is 0 Å². The average molecular weight is 271 g/mol. The van der Waals surface area contributed by atoms with E-state index in [1.54, 1.807) is 0 Å². The monoisotopic (exact) mass is 271 g/mol. The standard InChI is InChI=1S/C14H25NO2S/c15-13(7-11-1-4-16-9-11)12-2-5-17-14(8-12)3-6-18-10-14/h11-13H,1-10,15H2. The maximum atomic E-state index is 6.46. The van der Waals surface area contributed by atoms with E-state index in [0.717, 1.165) is 32.7 Å². The minimum absolute atomic E-state index is 0.178. The molecule has 3 rings (SSSR count). The third-order valence-corrected chi connectivity index (χ3v) is 6.06. The molecule has 4 atom stereocenters. The number of rotatable bonds is 3. The summed E-state index contributed by atoms with van der Waals surface area (Å²) in [5.41, 5.74) is 6.64. The molecule has 3 nitrogen and oxygen atoms in total. The highest BCUT2D eigenvalue weighted by molar-refractivity contribution is 7.99. The summed E-state index contributed by atoms with van der Waals surface area (Å²) >= 11 is 2.04. The molecule has 2 N–H and O–H groups in total. The normalized spacial score (nSPS) is 42.5. The second-order valence-corrected chi connectivity index (χ2v) is 7.32. The summed E-state index contributed by atoms with van der Waals surface area (Å²) in [6.07, 6.45) is 5.93. The van der Waals surface area contributed by atoms with E-state index >= 15 is 0 Å². The van der Waals surface area contributed by atoms with Crippen molar-refractivity contribution in [2.45, 2.75) is 43.7 Å². The first-order valence-electron chi connectivity index (χ1n) is 7.32. The number of hydrogen-bond donors (Lipinski definition) is 1. The summed E-state index contributed by atoms with van der Waals surface area (Å²) in [7, 11) is 0. The molecule has 3 heterocycles. The van der Waals surface area contributed by atoms with E-state index in [4.69, 9.17) is 15.2 Å². The van der Waals surface area contributed by atoms with Crippen LogP contribution in [0.25, 0.3) is 0 Å². The largest absolute Gasteiger partial charge is 0.381 e. The first-order chi connectivity index (χ1) is 8.77. The smallest absolute Gasteiger partial charge is 0.0783 e. The fraction of sp³-hybridized carbons (Fsp3) is 1.00. The fourth-order valence-electron chi connectivity index (χ4n) is 3.64. The Kier molecular flexibility index (Phi) is 4.18. The van der Waals surface area contributed by atoms with E-state index in [-0.39, 0.29) is 5.60 Å². The Bertz CT molecular complexity index is 275. The third-order valence-electron chi connectivity index (χ3n) is 4.83. The minimum atomic E-state index is 0.178. The van der Waals surface area contributed by atoms with Crippen molar-refractivity contribution in [1.29, 1.82) is 0 Å². The molecular weight excluding hydrogens is 246 g/mol. The molecule has 3 saturated heterocycles. The second-order valence-electron chi connectivity index (χ2n) is 6.22. The van der Waals surface area contributed by atoms with Gasteiger partial charge in [-0.25, -0.2) is 0 Å². The molecule has 4 heteroatoms. The first kappa shape index (κ1) is 13.2. The zero-order chi connectivity index (χ0) is 12.4. The molecule has 0 aliphatic carbocycles. The zero-order valence-corrected chi connectivity index (χ0v) is 11.9. The van der Waals surface area contributed by atoms with Crippen LogP contribution < -0.4 is 5.73 Å². The topological polar surface area (TPSA) is 44.5 Å². The summed E-state index contributed by atoms with van der Waals surface area (Å²) in [6, 6.07) is 0.350. The Morgan fingerprint density at radius 3 is 3.00 bits per heavy atom. The van der Waals surface area contributed by atoms with E-state index in [2.05, 4.69) is 0 Å². The van der Waals surface area contributed by atoms with Gasteiger partial charge in [-0.1, -0.05) is 0 Å². The molecule has 1 spiro atoms. The summed E-state index contributed by atoms with van der Waals surface area (Å²) < 4.78 is 11.5. The number of thioether (sulfide) groups is 1. The SMILES string of the molecule is NC(CC1CCOC1)C1CCOC2(CCSC2)C1. The van der Waals surface area contributed by atoms with Crippen LogP contribution >= 0.6 is 11.8 Å². The van der Waals surface area contributed by atoms with Gasteiger partial charge in [0.25, 0.3) is 0 Å². The average Bonchev–Trinajstić information content (AvgIpc) is 3.02. The summed E-state index contributed by atoms with van der Waals surface area (Å²) in [5.74, 6) is 3.82. The molecular formula is C14H25NO2S. The molecule has 4 unspecified atom stereocenters. The van der Waals surface area contributed by atoms with Crippen molar-refractivity contribution in [3.8, 4) is 0 Å². The van der Waals surface area contributed by atoms with Gasteiger partial charge >= 0.3 is 0 Å². The zero-order valence-electron chi connectivity index (χ0n) is 11.1. The molecule has 3 fully saturated rings. The van der Waals surface area contributed by atoms with Gasteiger partial charge in [0.05, 0.1) is 5.60 Å². The van der Waals surface area contributed by atoms with Crippen LogP contribution in [0.2, 0.25) is 0 Å². The van der Waals surface area contributed by atoms with Crippen molar-refractivity contribution in [1.82, 2.24) is 0 Å². The highest BCUT2D eigenvalue weighted by Crippen LogP contribution is 2.41. The van der Waals surface area contributed by atoms with Crippen LogP contribution in [0.15, 0.2) is 0 Å². The van der Waals surface area contributed by atoms with Crippen LogP contribution in [0, 0.1) is 11.8 Å². The van der Waals surface area contributed by atoms with Gasteiger partial charge < -0.3 is 15.2 Å². The molecule has 0 amide bonds. The Balaban J connectivity index is 1.54. The number of nitrogens with two attached hydrogens (primary N) is 1. The lowest BCUT2D eigenvalue weighted by atomic mass is 9.79. The lowest BCUT2D eigenvalue weighted by Crippen LogP contribution is -2.46. The van der Waals surface area contributed by atoms with E-state index in [9.17, 15) is 0 Å². The second kappa shape index (κ2) is 5.70.